The fraction of sp³-hybridized carbons (Fsp3) is 0.321. The minimum absolute atomic E-state index is 0.00980. The Bertz CT molecular complexity index is 1230. The van der Waals surface area contributed by atoms with E-state index < -0.39 is 29.6 Å². The quantitative estimate of drug-likeness (QED) is 0.238. The number of amides is 1. The van der Waals surface area contributed by atoms with Crippen molar-refractivity contribution in [1.82, 2.24) is 10.6 Å². The number of hydrogen-bond donors (Lipinski definition) is 5. The standard InChI is InChI=1S/C28H30F4N2O4/c1-17(33-15-26(37)20-6-9-25(36)22(12-20)16-35)10-18-2-4-19(5-3-18)11-27(38)34-14-21-13-23(28(30,31)32)7-8-24(21)29/h2-9,12-13,17,26,33,35-37H,10-11,14-16H2,1H3,(H,34,38)/t17?,26-/m0/s1. The Morgan fingerprint density at radius 3 is 2.32 bits per heavy atom. The molecule has 1 amide bonds. The lowest BCUT2D eigenvalue weighted by molar-refractivity contribution is -0.137. The third-order valence-corrected chi connectivity index (χ3v) is 6.10. The summed E-state index contributed by atoms with van der Waals surface area (Å²) in [5.41, 5.74) is 1.37. The van der Waals surface area contributed by atoms with Gasteiger partial charge in [0.1, 0.15) is 11.6 Å². The minimum atomic E-state index is -4.60. The Hall–Kier alpha value is -3.47. The second-order valence-electron chi connectivity index (χ2n) is 9.15. The first-order valence-electron chi connectivity index (χ1n) is 12.0. The molecule has 6 nitrogen and oxygen atoms in total. The van der Waals surface area contributed by atoms with Crippen molar-refractivity contribution in [2.45, 2.75) is 51.2 Å². The van der Waals surface area contributed by atoms with Crippen LogP contribution in [0.15, 0.2) is 60.7 Å². The molecule has 0 aliphatic heterocycles. The highest BCUT2D eigenvalue weighted by molar-refractivity contribution is 5.78. The number of carbonyl (C=O) groups is 1. The zero-order valence-corrected chi connectivity index (χ0v) is 20.7. The van der Waals surface area contributed by atoms with Crippen molar-refractivity contribution in [2.24, 2.45) is 0 Å². The van der Waals surface area contributed by atoms with Crippen LogP contribution in [0.1, 0.15) is 46.4 Å². The van der Waals surface area contributed by atoms with Gasteiger partial charge in [0.2, 0.25) is 5.91 Å². The minimum Gasteiger partial charge on any atom is -0.508 e. The van der Waals surface area contributed by atoms with Crippen molar-refractivity contribution in [1.29, 1.82) is 0 Å². The van der Waals surface area contributed by atoms with Crippen LogP contribution in [0.25, 0.3) is 0 Å². The molecule has 0 saturated heterocycles. The van der Waals surface area contributed by atoms with Crippen LogP contribution in [0.5, 0.6) is 5.75 Å². The van der Waals surface area contributed by atoms with E-state index in [0.29, 0.717) is 35.2 Å². The molecule has 0 spiro atoms. The number of hydrogen-bond acceptors (Lipinski definition) is 5. The number of alkyl halides is 3. The van der Waals surface area contributed by atoms with Gasteiger partial charge in [-0.05, 0) is 60.4 Å². The van der Waals surface area contributed by atoms with E-state index in [2.05, 4.69) is 10.6 Å². The summed E-state index contributed by atoms with van der Waals surface area (Å²) < 4.78 is 52.4. The number of phenols is 1. The Labute approximate surface area is 218 Å². The van der Waals surface area contributed by atoms with Gasteiger partial charge in [-0.15, -0.1) is 0 Å². The lowest BCUT2D eigenvalue weighted by atomic mass is 10.0. The molecule has 2 atom stereocenters. The van der Waals surface area contributed by atoms with Crippen molar-refractivity contribution in [3.63, 3.8) is 0 Å². The number of aliphatic hydroxyl groups excluding tert-OH is 2. The highest BCUT2D eigenvalue weighted by atomic mass is 19.4. The Morgan fingerprint density at radius 2 is 1.66 bits per heavy atom. The molecular weight excluding hydrogens is 504 g/mol. The zero-order valence-electron chi connectivity index (χ0n) is 20.7. The van der Waals surface area contributed by atoms with Crippen LogP contribution in [-0.2, 0) is 37.0 Å². The Kier molecular flexibility index (Phi) is 9.84. The van der Waals surface area contributed by atoms with Crippen LogP contribution >= 0.6 is 0 Å². The van der Waals surface area contributed by atoms with E-state index in [4.69, 9.17) is 0 Å². The Morgan fingerprint density at radius 1 is 0.974 bits per heavy atom. The molecule has 0 aliphatic rings. The summed E-state index contributed by atoms with van der Waals surface area (Å²) in [5.74, 6) is -1.30. The van der Waals surface area contributed by atoms with E-state index in [9.17, 15) is 37.7 Å². The first-order chi connectivity index (χ1) is 18.0. The average Bonchev–Trinajstić information content (AvgIpc) is 2.87. The highest BCUT2D eigenvalue weighted by Crippen LogP contribution is 2.30. The number of nitrogens with one attached hydrogen (secondary N) is 2. The predicted molar refractivity (Wildman–Crippen MR) is 134 cm³/mol. The van der Waals surface area contributed by atoms with Crippen LogP contribution in [-0.4, -0.2) is 33.8 Å². The van der Waals surface area contributed by atoms with Crippen LogP contribution in [0.2, 0.25) is 0 Å². The van der Waals surface area contributed by atoms with Gasteiger partial charge < -0.3 is 26.0 Å². The van der Waals surface area contributed by atoms with E-state index in [1.54, 1.807) is 24.3 Å². The van der Waals surface area contributed by atoms with Crippen LogP contribution in [0, 0.1) is 5.82 Å². The topological polar surface area (TPSA) is 102 Å². The normalized spacial score (nSPS) is 13.2. The molecule has 0 saturated carbocycles. The predicted octanol–water partition coefficient (Wildman–Crippen LogP) is 4.16. The largest absolute Gasteiger partial charge is 0.508 e. The fourth-order valence-corrected chi connectivity index (χ4v) is 3.92. The fourth-order valence-electron chi connectivity index (χ4n) is 3.92. The lowest BCUT2D eigenvalue weighted by Gasteiger charge is -2.18. The average molecular weight is 535 g/mol. The second-order valence-corrected chi connectivity index (χ2v) is 9.15. The van der Waals surface area contributed by atoms with Gasteiger partial charge in [0.05, 0.1) is 24.7 Å². The highest BCUT2D eigenvalue weighted by Gasteiger charge is 2.31. The van der Waals surface area contributed by atoms with Crippen molar-refractivity contribution < 1.29 is 37.7 Å². The van der Waals surface area contributed by atoms with Crippen LogP contribution in [0.3, 0.4) is 0 Å². The molecule has 0 bridgehead atoms. The first-order valence-corrected chi connectivity index (χ1v) is 12.0. The second kappa shape index (κ2) is 12.9. The molecule has 204 valence electrons. The van der Waals surface area contributed by atoms with Gasteiger partial charge in [-0.25, -0.2) is 4.39 Å². The molecule has 3 aromatic carbocycles. The number of aromatic hydroxyl groups is 1. The van der Waals surface area contributed by atoms with Gasteiger partial charge in [-0.3, -0.25) is 4.79 Å². The third-order valence-electron chi connectivity index (χ3n) is 6.10. The zero-order chi connectivity index (χ0) is 27.9. The van der Waals surface area contributed by atoms with Crippen molar-refractivity contribution in [2.75, 3.05) is 6.54 Å². The number of halogens is 4. The summed E-state index contributed by atoms with van der Waals surface area (Å²) in [5, 5.41) is 35.0. The number of aliphatic hydroxyl groups is 2. The van der Waals surface area contributed by atoms with Crippen molar-refractivity contribution in [3.05, 3.63) is 99.9 Å². The van der Waals surface area contributed by atoms with Crippen LogP contribution < -0.4 is 10.6 Å². The molecule has 10 heteroatoms. The summed E-state index contributed by atoms with van der Waals surface area (Å²) in [4.78, 5) is 12.2. The number of rotatable bonds is 11. The number of benzene rings is 3. The maximum atomic E-state index is 13.9. The number of carbonyl (C=O) groups excluding carboxylic acids is 1. The first kappa shape index (κ1) is 29.1. The molecule has 0 radical (unpaired) electrons. The molecule has 1 unspecified atom stereocenters. The SMILES string of the molecule is CC(Cc1ccc(CC(=O)NCc2cc(C(F)(F)F)ccc2F)cc1)NC[C@H](O)c1ccc(O)c(CO)c1. The van der Waals surface area contributed by atoms with Gasteiger partial charge in [0.25, 0.3) is 0 Å². The van der Waals surface area contributed by atoms with E-state index in [0.717, 1.165) is 11.6 Å². The molecule has 0 aromatic heterocycles. The smallest absolute Gasteiger partial charge is 0.416 e. The van der Waals surface area contributed by atoms with Gasteiger partial charge in [-0.2, -0.15) is 13.2 Å². The molecule has 3 rings (SSSR count). The van der Waals surface area contributed by atoms with E-state index in [-0.39, 0.29) is 43.5 Å². The van der Waals surface area contributed by atoms with E-state index in [1.807, 2.05) is 19.1 Å². The summed E-state index contributed by atoms with van der Waals surface area (Å²) in [7, 11) is 0. The van der Waals surface area contributed by atoms with Crippen molar-refractivity contribution in [3.8, 4) is 5.75 Å². The van der Waals surface area contributed by atoms with Crippen LogP contribution in [0.4, 0.5) is 17.6 Å². The molecule has 3 aromatic rings. The molecule has 38 heavy (non-hydrogen) atoms. The summed E-state index contributed by atoms with van der Waals surface area (Å²) in [6.07, 6.45) is -4.79. The van der Waals surface area contributed by atoms with Gasteiger partial charge >= 0.3 is 6.18 Å². The Balaban J connectivity index is 1.46. The summed E-state index contributed by atoms with van der Waals surface area (Å²) in [6.45, 7) is 1.54. The maximum Gasteiger partial charge on any atom is 0.416 e. The lowest BCUT2D eigenvalue weighted by Crippen LogP contribution is -2.32. The van der Waals surface area contributed by atoms with Crippen molar-refractivity contribution >= 4 is 5.91 Å². The molecular formula is C28H30F4N2O4. The maximum absolute atomic E-state index is 13.9. The molecule has 5 N–H and O–H groups in total. The summed E-state index contributed by atoms with van der Waals surface area (Å²) >= 11 is 0. The van der Waals surface area contributed by atoms with Gasteiger partial charge in [0, 0.05) is 30.3 Å². The van der Waals surface area contributed by atoms with Gasteiger partial charge in [-0.1, -0.05) is 30.3 Å². The van der Waals surface area contributed by atoms with Gasteiger partial charge in [0.15, 0.2) is 0 Å². The molecule has 0 aliphatic carbocycles. The molecule has 0 heterocycles. The van der Waals surface area contributed by atoms with E-state index >= 15 is 0 Å². The van der Waals surface area contributed by atoms with E-state index in [1.165, 1.54) is 6.07 Å². The monoisotopic (exact) mass is 534 g/mol. The third kappa shape index (κ3) is 8.27. The molecule has 0 fully saturated rings. The summed E-state index contributed by atoms with van der Waals surface area (Å²) in [6, 6.07) is 13.9.